The molecule has 2 heterocycles. The van der Waals surface area contributed by atoms with E-state index in [0.29, 0.717) is 31.4 Å². The molecule has 2 aliphatic rings. The number of hydrogen-bond donors (Lipinski definition) is 1. The Balaban J connectivity index is 1.42. The van der Waals surface area contributed by atoms with Crippen LogP contribution in [0.5, 0.6) is 0 Å². The van der Waals surface area contributed by atoms with Crippen LogP contribution in [0.15, 0.2) is 54.9 Å². The van der Waals surface area contributed by atoms with Gasteiger partial charge in [0.25, 0.3) is 0 Å². The molecule has 188 valence electrons. The number of aromatic nitrogens is 1. The lowest BCUT2D eigenvalue weighted by molar-refractivity contribution is -0.143. The van der Waals surface area contributed by atoms with Crippen molar-refractivity contribution in [1.29, 1.82) is 0 Å². The first kappa shape index (κ1) is 24.3. The predicted molar refractivity (Wildman–Crippen MR) is 118 cm³/mol. The molecule has 2 aromatic carbocycles. The third-order valence-electron chi connectivity index (χ3n) is 7.18. The first-order valence-electron chi connectivity index (χ1n) is 11.3. The van der Waals surface area contributed by atoms with Crippen LogP contribution in [-0.4, -0.2) is 16.7 Å². The molecule has 5 rings (SSSR count). The van der Waals surface area contributed by atoms with E-state index in [1.54, 1.807) is 12.4 Å². The maximum atomic E-state index is 13.4. The molecule has 1 aliphatic heterocycles. The van der Waals surface area contributed by atoms with E-state index in [4.69, 9.17) is 0 Å². The van der Waals surface area contributed by atoms with Gasteiger partial charge in [0.2, 0.25) is 5.91 Å². The van der Waals surface area contributed by atoms with Crippen LogP contribution in [0.3, 0.4) is 0 Å². The van der Waals surface area contributed by atoms with E-state index in [0.717, 1.165) is 16.3 Å². The summed E-state index contributed by atoms with van der Waals surface area (Å²) in [7, 11) is 0. The highest BCUT2D eigenvalue weighted by molar-refractivity contribution is 6.05. The number of benzene rings is 2. The summed E-state index contributed by atoms with van der Waals surface area (Å²) >= 11 is 0. The molecule has 3 aromatic rings. The molecule has 1 saturated carbocycles. The number of hydrogen-bond acceptors (Lipinski definition) is 3. The van der Waals surface area contributed by atoms with Crippen molar-refractivity contribution < 1.29 is 35.9 Å². The molecule has 2 atom stereocenters. The summed E-state index contributed by atoms with van der Waals surface area (Å²) in [6.45, 7) is 0. The summed E-state index contributed by atoms with van der Waals surface area (Å²) in [5, 5.41) is 4.34. The second kappa shape index (κ2) is 8.31. The van der Waals surface area contributed by atoms with Gasteiger partial charge in [0, 0.05) is 29.6 Å². The fourth-order valence-electron chi connectivity index (χ4n) is 5.33. The number of fused-ring (bicyclic) bond motifs is 1. The van der Waals surface area contributed by atoms with Crippen molar-refractivity contribution in [2.75, 3.05) is 0 Å². The lowest BCUT2D eigenvalue weighted by atomic mass is 9.79. The van der Waals surface area contributed by atoms with Crippen molar-refractivity contribution in [2.45, 2.75) is 44.1 Å². The van der Waals surface area contributed by atoms with Crippen LogP contribution in [0.2, 0.25) is 0 Å². The number of carbonyl (C=O) groups is 2. The standard InChI is InChI=1S/C26H20F6N2O2/c27-25(28,29)17-9-16(10-18(11-17)26(30,31)32)22-24(7-8-24)21(23(36)34-22)20(35)6-5-15-13-33-12-14-3-1-2-4-19(14)15/h1-4,9-13,21-22H,5-8H2,(H,34,36)/t21?,22-/m0/s1. The fraction of sp³-hybridized carbons (Fsp3) is 0.346. The van der Waals surface area contributed by atoms with Crippen molar-refractivity contribution in [3.63, 3.8) is 0 Å². The van der Waals surface area contributed by atoms with Gasteiger partial charge in [-0.3, -0.25) is 14.6 Å². The highest BCUT2D eigenvalue weighted by Gasteiger charge is 2.65. The normalized spacial score (nSPS) is 21.1. The largest absolute Gasteiger partial charge is 0.416 e. The second-order valence-electron chi connectivity index (χ2n) is 9.43. The van der Waals surface area contributed by atoms with Crippen LogP contribution >= 0.6 is 0 Å². The van der Waals surface area contributed by atoms with Gasteiger partial charge in [0.05, 0.1) is 17.2 Å². The van der Waals surface area contributed by atoms with E-state index >= 15 is 0 Å². The number of nitrogens with zero attached hydrogens (tertiary/aromatic N) is 1. The third kappa shape index (κ3) is 4.22. The van der Waals surface area contributed by atoms with Gasteiger partial charge in [-0.05, 0) is 54.0 Å². The number of ketones is 1. The van der Waals surface area contributed by atoms with Crippen LogP contribution in [0.4, 0.5) is 26.3 Å². The first-order chi connectivity index (χ1) is 16.9. The van der Waals surface area contributed by atoms with Gasteiger partial charge < -0.3 is 5.32 Å². The van der Waals surface area contributed by atoms with E-state index < -0.39 is 46.8 Å². The Hall–Kier alpha value is -3.43. The van der Waals surface area contributed by atoms with Crippen molar-refractivity contribution >= 4 is 22.5 Å². The minimum absolute atomic E-state index is 0.00135. The van der Waals surface area contributed by atoms with Gasteiger partial charge in [-0.2, -0.15) is 26.3 Å². The van der Waals surface area contributed by atoms with Crippen molar-refractivity contribution in [1.82, 2.24) is 10.3 Å². The Kier molecular flexibility index (Phi) is 5.61. The SMILES string of the molecule is O=C(CCc1cncc2ccccc12)C1C(=O)N[C@@H](c2cc(C(F)(F)F)cc(C(F)(F)F)c2)C12CC2. The smallest absolute Gasteiger partial charge is 0.348 e. The Labute approximate surface area is 201 Å². The van der Waals surface area contributed by atoms with Gasteiger partial charge in [0.15, 0.2) is 0 Å². The molecule has 1 saturated heterocycles. The average molecular weight is 506 g/mol. The van der Waals surface area contributed by atoms with Crippen LogP contribution in [0.25, 0.3) is 10.8 Å². The number of halogens is 6. The number of carbonyl (C=O) groups excluding carboxylic acids is 2. The number of amides is 1. The highest BCUT2D eigenvalue weighted by atomic mass is 19.4. The Morgan fingerprint density at radius 1 is 0.972 bits per heavy atom. The summed E-state index contributed by atoms with van der Waals surface area (Å²) in [6, 6.07) is 7.70. The molecule has 0 radical (unpaired) electrons. The minimum Gasteiger partial charge on any atom is -0.348 e. The summed E-state index contributed by atoms with van der Waals surface area (Å²) in [6.07, 6.45) is -5.67. The van der Waals surface area contributed by atoms with Crippen molar-refractivity contribution in [3.8, 4) is 0 Å². The number of rotatable bonds is 5. The van der Waals surface area contributed by atoms with Crippen LogP contribution < -0.4 is 5.32 Å². The molecular formula is C26H20F6N2O2. The number of aryl methyl sites for hydroxylation is 1. The van der Waals surface area contributed by atoms with Gasteiger partial charge in [0.1, 0.15) is 11.7 Å². The van der Waals surface area contributed by atoms with Crippen LogP contribution in [-0.2, 0) is 28.4 Å². The highest BCUT2D eigenvalue weighted by Crippen LogP contribution is 2.64. The maximum absolute atomic E-state index is 13.4. The molecule has 2 fully saturated rings. The molecule has 1 aromatic heterocycles. The summed E-state index contributed by atoms with van der Waals surface area (Å²) in [5.74, 6) is -2.18. The Bertz CT molecular complexity index is 1320. The molecule has 1 amide bonds. The van der Waals surface area contributed by atoms with E-state index in [2.05, 4.69) is 10.3 Å². The number of pyridine rings is 1. The molecule has 1 aliphatic carbocycles. The maximum Gasteiger partial charge on any atom is 0.416 e. The lowest BCUT2D eigenvalue weighted by Crippen LogP contribution is -2.28. The third-order valence-corrected chi connectivity index (χ3v) is 7.18. The second-order valence-corrected chi connectivity index (χ2v) is 9.43. The Morgan fingerprint density at radius 3 is 2.22 bits per heavy atom. The molecule has 1 N–H and O–H groups in total. The van der Waals surface area contributed by atoms with Gasteiger partial charge in [-0.15, -0.1) is 0 Å². The minimum atomic E-state index is -5.00. The molecule has 36 heavy (non-hydrogen) atoms. The number of Topliss-reactive ketones (excluding diaryl/α,β-unsaturated/α-hetero) is 1. The topological polar surface area (TPSA) is 59.1 Å². The van der Waals surface area contributed by atoms with Crippen molar-refractivity contribution in [3.05, 3.63) is 77.1 Å². The van der Waals surface area contributed by atoms with Gasteiger partial charge >= 0.3 is 12.4 Å². The molecular weight excluding hydrogens is 486 g/mol. The Morgan fingerprint density at radius 2 is 1.61 bits per heavy atom. The van der Waals surface area contributed by atoms with Crippen LogP contribution in [0.1, 0.15) is 47.6 Å². The van der Waals surface area contributed by atoms with E-state index in [1.807, 2.05) is 24.3 Å². The van der Waals surface area contributed by atoms with Gasteiger partial charge in [-0.25, -0.2) is 0 Å². The van der Waals surface area contributed by atoms with Gasteiger partial charge in [-0.1, -0.05) is 24.3 Å². The van der Waals surface area contributed by atoms with Crippen LogP contribution in [0, 0.1) is 11.3 Å². The van der Waals surface area contributed by atoms with Crippen molar-refractivity contribution in [2.24, 2.45) is 11.3 Å². The average Bonchev–Trinajstić information content (AvgIpc) is 3.54. The molecule has 1 spiro atoms. The fourth-order valence-corrected chi connectivity index (χ4v) is 5.33. The monoisotopic (exact) mass is 506 g/mol. The quantitative estimate of drug-likeness (QED) is 0.339. The summed E-state index contributed by atoms with van der Waals surface area (Å²) < 4.78 is 80.2. The molecule has 10 heteroatoms. The summed E-state index contributed by atoms with van der Waals surface area (Å²) in [4.78, 5) is 30.2. The van der Waals surface area contributed by atoms with E-state index in [9.17, 15) is 35.9 Å². The molecule has 4 nitrogen and oxygen atoms in total. The lowest BCUT2D eigenvalue weighted by Gasteiger charge is -2.24. The number of alkyl halides is 6. The zero-order valence-corrected chi connectivity index (χ0v) is 18.7. The zero-order chi connectivity index (χ0) is 25.9. The van der Waals surface area contributed by atoms with E-state index in [-0.39, 0.29) is 23.8 Å². The van der Waals surface area contributed by atoms with E-state index in [1.165, 1.54) is 0 Å². The predicted octanol–water partition coefficient (Wildman–Crippen LogP) is 6.04. The zero-order valence-electron chi connectivity index (χ0n) is 18.7. The summed E-state index contributed by atoms with van der Waals surface area (Å²) in [5.41, 5.74) is -3.41. The number of nitrogens with one attached hydrogen (secondary N) is 1. The molecule has 0 bridgehead atoms. The molecule has 1 unspecified atom stereocenters. The first-order valence-corrected chi connectivity index (χ1v) is 11.3.